The molecule has 0 radical (unpaired) electrons. The van der Waals surface area contributed by atoms with Crippen LogP contribution in [0, 0.1) is 0 Å². The lowest BCUT2D eigenvalue weighted by atomic mass is 9.78. The van der Waals surface area contributed by atoms with Crippen LogP contribution >= 0.6 is 0 Å². The summed E-state index contributed by atoms with van der Waals surface area (Å²) in [5.74, 6) is -3.84. The molecule has 6 bridgehead atoms. The Kier molecular flexibility index (Phi) is 9.71. The first-order valence-corrected chi connectivity index (χ1v) is 16.5. The molecule has 6 heterocycles. The number of carbonyl (C=O) groups is 6. The zero-order chi connectivity index (χ0) is 34.4. The van der Waals surface area contributed by atoms with Crippen LogP contribution in [0.25, 0.3) is 0 Å². The molecule has 6 rings (SSSR count). The Labute approximate surface area is 278 Å². The molecule has 0 aromatic heterocycles. The molecule has 19 heteroatoms. The number of carbonyl (C=O) groups excluding carboxylic acids is 6. The lowest BCUT2D eigenvalue weighted by molar-refractivity contribution is -0.242. The fourth-order valence-electron chi connectivity index (χ4n) is 8.11. The average molecular weight is 678 g/mol. The maximum atomic E-state index is 13.4. The van der Waals surface area contributed by atoms with Gasteiger partial charge in [-0.15, -0.1) is 0 Å². The molecule has 4 N–H and O–H groups in total. The third kappa shape index (κ3) is 7.02. The quantitative estimate of drug-likeness (QED) is 0.113. The highest BCUT2D eigenvalue weighted by molar-refractivity contribution is 6.43. The lowest BCUT2D eigenvalue weighted by Crippen LogP contribution is -2.73. The fraction of sp³-hybridized carbons (Fsp3) is 0.793. The van der Waals surface area contributed by atoms with E-state index in [0.717, 1.165) is 0 Å². The Morgan fingerprint density at radius 1 is 0.812 bits per heavy atom. The van der Waals surface area contributed by atoms with Crippen LogP contribution in [-0.4, -0.2) is 198 Å². The van der Waals surface area contributed by atoms with Crippen LogP contribution < -0.4 is 10.6 Å². The van der Waals surface area contributed by atoms with Gasteiger partial charge in [-0.05, 0) is 26.7 Å². The van der Waals surface area contributed by atoms with Gasteiger partial charge in [-0.1, -0.05) is 0 Å². The number of amides is 3. The normalized spacial score (nSPS) is 36.2. The predicted molar refractivity (Wildman–Crippen MR) is 163 cm³/mol. The summed E-state index contributed by atoms with van der Waals surface area (Å²) in [6, 6.07) is -2.00. The van der Waals surface area contributed by atoms with Gasteiger partial charge in [0.05, 0.1) is 32.1 Å². The van der Waals surface area contributed by atoms with Crippen LogP contribution in [0.3, 0.4) is 0 Å². The van der Waals surface area contributed by atoms with Crippen LogP contribution in [0.15, 0.2) is 0 Å². The molecule has 2 spiro atoms. The van der Waals surface area contributed by atoms with E-state index in [9.17, 15) is 38.8 Å². The maximum absolute atomic E-state index is 13.4. The topological polar surface area (TPSA) is 211 Å². The van der Waals surface area contributed by atoms with Crippen molar-refractivity contribution in [1.29, 1.82) is 0 Å². The summed E-state index contributed by atoms with van der Waals surface area (Å²) in [5, 5.41) is 24.5. The van der Waals surface area contributed by atoms with Crippen molar-refractivity contribution in [2.45, 2.75) is 62.0 Å². The van der Waals surface area contributed by atoms with Gasteiger partial charge in [0.1, 0.15) is 12.1 Å². The number of esters is 3. The van der Waals surface area contributed by atoms with Crippen molar-refractivity contribution in [3.63, 3.8) is 0 Å². The number of hydrogen-bond donors (Lipinski definition) is 4. The van der Waals surface area contributed by atoms with E-state index < -0.39 is 78.1 Å². The first kappa shape index (κ1) is 34.5. The lowest BCUT2D eigenvalue weighted by Gasteiger charge is -2.52. The molecule has 18 nitrogen and oxygen atoms in total. The summed E-state index contributed by atoms with van der Waals surface area (Å²) in [4.78, 5) is 87.4. The number of hydrogen-bond acceptors (Lipinski definition) is 15. The molecule has 6 fully saturated rings. The van der Waals surface area contributed by atoms with Crippen molar-refractivity contribution in [3.05, 3.63) is 0 Å². The van der Waals surface area contributed by atoms with Crippen LogP contribution in [-0.2, 0) is 43.0 Å². The molecular weight excluding hydrogens is 633 g/mol. The molecule has 0 aromatic rings. The number of nitrogens with zero attached hydrogens (tertiary/aromatic N) is 5. The second-order valence-electron chi connectivity index (χ2n) is 14.0. The molecule has 0 aromatic carbocycles. The average Bonchev–Trinajstić information content (AvgIpc) is 3.46. The molecule has 48 heavy (non-hydrogen) atoms. The van der Waals surface area contributed by atoms with E-state index >= 15 is 0 Å². The van der Waals surface area contributed by atoms with E-state index in [2.05, 4.69) is 10.6 Å². The van der Waals surface area contributed by atoms with Crippen molar-refractivity contribution in [3.8, 4) is 0 Å². The molecular formula is C29H44BN7O11. The number of fused-ring (bicyclic) bond motifs is 3. The Morgan fingerprint density at radius 3 is 1.98 bits per heavy atom. The van der Waals surface area contributed by atoms with Gasteiger partial charge in [0.2, 0.25) is 17.7 Å². The van der Waals surface area contributed by atoms with Gasteiger partial charge in [0, 0.05) is 58.9 Å². The molecule has 6 aliphatic heterocycles. The van der Waals surface area contributed by atoms with Crippen LogP contribution in [0.5, 0.6) is 0 Å². The molecule has 6 saturated heterocycles. The van der Waals surface area contributed by atoms with Gasteiger partial charge in [-0.25, -0.2) is 0 Å². The monoisotopic (exact) mass is 677 g/mol. The van der Waals surface area contributed by atoms with Gasteiger partial charge in [-0.2, -0.15) is 0 Å². The van der Waals surface area contributed by atoms with Gasteiger partial charge < -0.3 is 39.8 Å². The smallest absolute Gasteiger partial charge is 0.453 e. The summed E-state index contributed by atoms with van der Waals surface area (Å²) in [6.45, 7) is 5.37. The van der Waals surface area contributed by atoms with E-state index in [0.29, 0.717) is 45.6 Å². The minimum Gasteiger partial charge on any atom is -0.453 e. The van der Waals surface area contributed by atoms with Gasteiger partial charge in [0.15, 0.2) is 17.3 Å². The predicted octanol–water partition coefficient (Wildman–Crippen LogP) is -5.25. The Hall–Kier alpha value is -3.36. The first-order valence-electron chi connectivity index (χ1n) is 16.5. The van der Waals surface area contributed by atoms with Crippen LogP contribution in [0.2, 0.25) is 0 Å². The number of morpholine rings is 2. The summed E-state index contributed by atoms with van der Waals surface area (Å²) in [5.41, 5.74) is -2.77. The number of nitrogens with one attached hydrogen (secondary N) is 2. The highest BCUT2D eigenvalue weighted by atomic mass is 16.6. The number of rotatable bonds is 7. The highest BCUT2D eigenvalue weighted by Crippen LogP contribution is 2.40. The molecule has 6 unspecified atom stereocenters. The van der Waals surface area contributed by atoms with E-state index in [1.54, 1.807) is 4.90 Å². The van der Waals surface area contributed by atoms with E-state index in [1.165, 1.54) is 18.7 Å². The third-order valence-electron chi connectivity index (χ3n) is 10.1. The molecule has 6 aliphatic rings. The van der Waals surface area contributed by atoms with Gasteiger partial charge in [-0.3, -0.25) is 48.4 Å². The van der Waals surface area contributed by atoms with Crippen molar-refractivity contribution >= 4 is 42.7 Å². The van der Waals surface area contributed by atoms with Crippen LogP contribution in [0.4, 0.5) is 0 Å². The Balaban J connectivity index is 1.18. The van der Waals surface area contributed by atoms with Gasteiger partial charge in [0.25, 0.3) is 0 Å². The van der Waals surface area contributed by atoms with Crippen molar-refractivity contribution in [2.24, 2.45) is 0 Å². The minimum atomic E-state index is -1.68. The zero-order valence-corrected chi connectivity index (χ0v) is 27.3. The second-order valence-corrected chi connectivity index (χ2v) is 14.0. The van der Waals surface area contributed by atoms with Crippen LogP contribution in [0.1, 0.15) is 26.7 Å². The third-order valence-corrected chi connectivity index (χ3v) is 10.1. The van der Waals surface area contributed by atoms with E-state index in [-0.39, 0.29) is 52.4 Å². The summed E-state index contributed by atoms with van der Waals surface area (Å²) < 4.78 is 18.3. The maximum Gasteiger partial charge on any atom is 0.475 e. The fourth-order valence-corrected chi connectivity index (χ4v) is 8.11. The molecule has 0 aliphatic carbocycles. The summed E-state index contributed by atoms with van der Waals surface area (Å²) >= 11 is 0. The Bertz CT molecular complexity index is 1340. The second kappa shape index (κ2) is 13.5. The van der Waals surface area contributed by atoms with Gasteiger partial charge >= 0.3 is 25.0 Å². The largest absolute Gasteiger partial charge is 0.475 e. The molecule has 0 saturated carbocycles. The first-order chi connectivity index (χ1) is 22.8. The molecule has 264 valence electrons. The highest BCUT2D eigenvalue weighted by Gasteiger charge is 2.65. The summed E-state index contributed by atoms with van der Waals surface area (Å²) in [7, 11) is -1.68. The minimum absolute atomic E-state index is 0.00488. The van der Waals surface area contributed by atoms with Crippen molar-refractivity contribution in [2.75, 3.05) is 85.1 Å². The molecule has 3 amide bonds. The Morgan fingerprint density at radius 2 is 1.38 bits per heavy atom. The van der Waals surface area contributed by atoms with Crippen molar-refractivity contribution in [1.82, 2.24) is 35.1 Å². The zero-order valence-electron chi connectivity index (χ0n) is 27.3. The molecule has 9 atom stereocenters. The van der Waals surface area contributed by atoms with E-state index in [4.69, 9.17) is 14.2 Å². The SMILES string of the molecule is C[C@H](NC(=O)CN1CCN2CC(=O)OC3(CN4CCN5CC(=O)OC(C1)(C5)C3OC(=O)C4)C2)C(=O)N[C@H](C)C(=O)N1CCC[C@H]1B(O)O. The van der Waals surface area contributed by atoms with E-state index in [1.807, 2.05) is 14.7 Å². The standard InChI is InChI=1S/C29H44BN7O11/c1-18(25(42)32-19(2)26(43)37-5-3-4-20(37)30(44)45)31-21(38)10-33-6-7-35-12-24(41)48-29(17-35)15-34-8-9-36-13-23(40)47-28(14-33,16-36)27(29)46-22(39)11-34/h18-20,27,44-45H,3-17H2,1-2H3,(H,31,38)(H,32,42)/t18-,19+,20-,27?,28?,29?/m0/s1. The van der Waals surface area contributed by atoms with Crippen molar-refractivity contribution < 1.29 is 53.0 Å². The number of ether oxygens (including phenoxy) is 3. The summed E-state index contributed by atoms with van der Waals surface area (Å²) in [6.07, 6.45) is -0.0941. The number of likely N-dealkylation sites (tertiary alicyclic amines) is 1.